The van der Waals surface area contributed by atoms with Gasteiger partial charge in [-0.05, 0) is 18.2 Å². The van der Waals surface area contributed by atoms with Crippen molar-refractivity contribution in [2.75, 3.05) is 5.32 Å². The maximum absolute atomic E-state index is 12.2. The molecule has 0 saturated carbocycles. The van der Waals surface area contributed by atoms with Crippen LogP contribution in [0.5, 0.6) is 11.6 Å². The maximum atomic E-state index is 12.2. The topological polar surface area (TPSA) is 68.5 Å². The molecule has 4 rings (SSSR count). The first-order valence-corrected chi connectivity index (χ1v) is 8.54. The van der Waals surface area contributed by atoms with Gasteiger partial charge in [0.25, 0.3) is 0 Å². The quantitative estimate of drug-likeness (QED) is 0.595. The van der Waals surface area contributed by atoms with Crippen molar-refractivity contribution in [1.29, 1.82) is 0 Å². The van der Waals surface area contributed by atoms with E-state index in [4.69, 9.17) is 4.74 Å². The lowest BCUT2D eigenvalue weighted by molar-refractivity contribution is -0.115. The molecule has 3 heterocycles. The second-order valence-electron chi connectivity index (χ2n) is 5.35. The molecule has 1 amide bonds. The molecule has 0 aliphatic heterocycles. The highest BCUT2D eigenvalue weighted by Gasteiger charge is 2.09. The molecule has 0 atom stereocenters. The maximum Gasteiger partial charge on any atom is 0.230 e. The van der Waals surface area contributed by atoms with E-state index in [1.165, 1.54) is 11.3 Å². The fraction of sp³-hybridized carbons (Fsp3) is 0.0556. The number of pyridine rings is 1. The number of benzene rings is 1. The van der Waals surface area contributed by atoms with Gasteiger partial charge in [0.15, 0.2) is 4.96 Å². The molecule has 0 radical (unpaired) electrons. The van der Waals surface area contributed by atoms with Crippen molar-refractivity contribution in [3.63, 3.8) is 0 Å². The summed E-state index contributed by atoms with van der Waals surface area (Å²) in [7, 11) is 0. The number of imidazole rings is 1. The fourth-order valence-electron chi connectivity index (χ4n) is 2.38. The van der Waals surface area contributed by atoms with E-state index >= 15 is 0 Å². The van der Waals surface area contributed by atoms with Gasteiger partial charge in [-0.15, -0.1) is 11.3 Å². The van der Waals surface area contributed by atoms with E-state index in [1.54, 1.807) is 18.3 Å². The number of carbonyl (C=O) groups is 1. The number of thiazole rings is 1. The first-order valence-electron chi connectivity index (χ1n) is 7.66. The highest BCUT2D eigenvalue weighted by atomic mass is 32.1. The van der Waals surface area contributed by atoms with Gasteiger partial charge in [-0.1, -0.05) is 18.2 Å². The van der Waals surface area contributed by atoms with Crippen LogP contribution in [0.3, 0.4) is 0 Å². The van der Waals surface area contributed by atoms with Crippen molar-refractivity contribution in [1.82, 2.24) is 14.4 Å². The summed E-state index contributed by atoms with van der Waals surface area (Å²) in [6.45, 7) is 0. The van der Waals surface area contributed by atoms with Crippen LogP contribution in [0.25, 0.3) is 4.96 Å². The van der Waals surface area contributed by atoms with Crippen molar-refractivity contribution in [2.45, 2.75) is 6.42 Å². The van der Waals surface area contributed by atoms with Crippen LogP contribution in [-0.2, 0) is 11.2 Å². The van der Waals surface area contributed by atoms with E-state index in [-0.39, 0.29) is 12.3 Å². The fourth-order valence-corrected chi connectivity index (χ4v) is 3.10. The number of nitrogens with zero attached hydrogens (tertiary/aromatic N) is 3. The Bertz CT molecular complexity index is 982. The Morgan fingerprint density at radius 2 is 2.12 bits per heavy atom. The molecule has 1 N–H and O–H groups in total. The monoisotopic (exact) mass is 350 g/mol. The molecule has 0 saturated heterocycles. The lowest BCUT2D eigenvalue weighted by Gasteiger charge is -2.07. The Morgan fingerprint density at radius 1 is 1.24 bits per heavy atom. The first kappa shape index (κ1) is 15.3. The number of aromatic nitrogens is 3. The summed E-state index contributed by atoms with van der Waals surface area (Å²) < 4.78 is 7.58. The number of rotatable bonds is 5. The third kappa shape index (κ3) is 3.67. The third-order valence-electron chi connectivity index (χ3n) is 3.47. The van der Waals surface area contributed by atoms with E-state index in [9.17, 15) is 4.79 Å². The highest BCUT2D eigenvalue weighted by molar-refractivity contribution is 7.15. The summed E-state index contributed by atoms with van der Waals surface area (Å²) in [5.74, 6) is 0.977. The number of ether oxygens (including phenoxy) is 1. The molecule has 25 heavy (non-hydrogen) atoms. The van der Waals surface area contributed by atoms with Crippen molar-refractivity contribution in [2.24, 2.45) is 0 Å². The predicted molar refractivity (Wildman–Crippen MR) is 96.2 cm³/mol. The van der Waals surface area contributed by atoms with E-state index in [0.717, 1.165) is 10.7 Å². The standard InChI is InChI=1S/C18H14N4O2S/c23-16(10-14-12-22-8-9-25-18(22)21-14)20-13-6-7-19-17(11-13)24-15-4-2-1-3-5-15/h1-9,11-12H,10H2,(H,19,20,23). The van der Waals surface area contributed by atoms with Crippen LogP contribution < -0.4 is 10.1 Å². The van der Waals surface area contributed by atoms with Crippen molar-refractivity contribution in [3.05, 3.63) is 72.1 Å². The van der Waals surface area contributed by atoms with Gasteiger partial charge in [0.05, 0.1) is 12.1 Å². The number of para-hydroxylation sites is 1. The molecule has 124 valence electrons. The lowest BCUT2D eigenvalue weighted by Crippen LogP contribution is -2.14. The van der Waals surface area contributed by atoms with Crippen LogP contribution in [-0.4, -0.2) is 20.3 Å². The van der Waals surface area contributed by atoms with Gasteiger partial charge in [0.1, 0.15) is 5.75 Å². The summed E-state index contributed by atoms with van der Waals surface area (Å²) in [5, 5.41) is 4.80. The second-order valence-corrected chi connectivity index (χ2v) is 6.22. The van der Waals surface area contributed by atoms with Crippen LogP contribution in [0.15, 0.2) is 66.4 Å². The van der Waals surface area contributed by atoms with Crippen LogP contribution in [0.4, 0.5) is 5.69 Å². The number of nitrogens with one attached hydrogen (secondary N) is 1. The molecule has 7 heteroatoms. The number of hydrogen-bond acceptors (Lipinski definition) is 5. The molecule has 0 aliphatic rings. The van der Waals surface area contributed by atoms with E-state index in [2.05, 4.69) is 15.3 Å². The molecule has 0 spiro atoms. The molecule has 0 fully saturated rings. The summed E-state index contributed by atoms with van der Waals surface area (Å²) in [4.78, 5) is 21.7. The Labute approximate surface area is 147 Å². The van der Waals surface area contributed by atoms with Gasteiger partial charge in [0, 0.05) is 35.7 Å². The van der Waals surface area contributed by atoms with Crippen LogP contribution >= 0.6 is 11.3 Å². The van der Waals surface area contributed by atoms with Crippen LogP contribution in [0.2, 0.25) is 0 Å². The van der Waals surface area contributed by atoms with E-state index in [1.807, 2.05) is 52.5 Å². The largest absolute Gasteiger partial charge is 0.439 e. The van der Waals surface area contributed by atoms with Crippen LogP contribution in [0.1, 0.15) is 5.69 Å². The molecular weight excluding hydrogens is 336 g/mol. The smallest absolute Gasteiger partial charge is 0.230 e. The zero-order chi connectivity index (χ0) is 17.1. The van der Waals surface area contributed by atoms with Gasteiger partial charge in [-0.3, -0.25) is 9.20 Å². The van der Waals surface area contributed by atoms with Gasteiger partial charge < -0.3 is 10.1 Å². The lowest BCUT2D eigenvalue weighted by atomic mass is 10.3. The Kier molecular flexibility index (Phi) is 4.14. The molecular formula is C18H14N4O2S. The normalized spacial score (nSPS) is 10.7. The van der Waals surface area contributed by atoms with Gasteiger partial charge >= 0.3 is 0 Å². The summed E-state index contributed by atoms with van der Waals surface area (Å²) >= 11 is 1.54. The molecule has 4 aromatic rings. The number of carbonyl (C=O) groups excluding carboxylic acids is 1. The van der Waals surface area contributed by atoms with E-state index in [0.29, 0.717) is 17.3 Å². The Hall–Kier alpha value is -3.19. The van der Waals surface area contributed by atoms with Crippen molar-refractivity contribution in [3.8, 4) is 11.6 Å². The second kappa shape index (κ2) is 6.74. The summed E-state index contributed by atoms with van der Waals surface area (Å²) in [6.07, 6.45) is 5.60. The highest BCUT2D eigenvalue weighted by Crippen LogP contribution is 2.21. The molecule has 0 unspecified atom stereocenters. The Morgan fingerprint density at radius 3 is 2.96 bits per heavy atom. The number of anilines is 1. The molecule has 3 aromatic heterocycles. The number of amides is 1. The minimum atomic E-state index is -0.136. The zero-order valence-electron chi connectivity index (χ0n) is 13.1. The third-order valence-corrected chi connectivity index (χ3v) is 4.24. The first-order chi connectivity index (χ1) is 12.3. The number of fused-ring (bicyclic) bond motifs is 1. The minimum absolute atomic E-state index is 0.136. The molecule has 1 aromatic carbocycles. The van der Waals surface area contributed by atoms with Gasteiger partial charge in [-0.25, -0.2) is 9.97 Å². The zero-order valence-corrected chi connectivity index (χ0v) is 13.9. The predicted octanol–water partition coefficient (Wildman–Crippen LogP) is 3.76. The minimum Gasteiger partial charge on any atom is -0.439 e. The number of hydrogen-bond donors (Lipinski definition) is 1. The summed E-state index contributed by atoms with van der Waals surface area (Å²) in [5.41, 5.74) is 1.37. The van der Waals surface area contributed by atoms with Crippen molar-refractivity contribution >= 4 is 27.9 Å². The van der Waals surface area contributed by atoms with E-state index < -0.39 is 0 Å². The average molecular weight is 350 g/mol. The average Bonchev–Trinajstić information content (AvgIpc) is 3.17. The van der Waals surface area contributed by atoms with Gasteiger partial charge in [-0.2, -0.15) is 0 Å². The SMILES string of the molecule is O=C(Cc1cn2ccsc2n1)Nc1ccnc(Oc2ccccc2)c1. The summed E-state index contributed by atoms with van der Waals surface area (Å²) in [6, 6.07) is 12.8. The molecule has 6 nitrogen and oxygen atoms in total. The Balaban J connectivity index is 1.42. The van der Waals surface area contributed by atoms with Crippen molar-refractivity contribution < 1.29 is 9.53 Å². The molecule has 0 aliphatic carbocycles. The van der Waals surface area contributed by atoms with Gasteiger partial charge in [0.2, 0.25) is 11.8 Å². The van der Waals surface area contributed by atoms with Crippen LogP contribution in [0, 0.1) is 0 Å². The molecule has 0 bridgehead atoms.